The van der Waals surface area contributed by atoms with E-state index >= 15 is 0 Å². The van der Waals surface area contributed by atoms with Gasteiger partial charge in [0.1, 0.15) is 5.82 Å². The molecule has 6 nitrogen and oxygen atoms in total. The van der Waals surface area contributed by atoms with Gasteiger partial charge in [-0.3, -0.25) is 9.79 Å². The number of carbonyl (C=O) groups is 1. The van der Waals surface area contributed by atoms with E-state index in [1.807, 2.05) is 18.7 Å². The van der Waals surface area contributed by atoms with Gasteiger partial charge in [0.2, 0.25) is 5.91 Å². The van der Waals surface area contributed by atoms with Crippen LogP contribution in [0.25, 0.3) is 0 Å². The number of nitrogens with one attached hydrogen (secondary N) is 2. The number of hydrogen-bond donors (Lipinski definition) is 2. The topological polar surface area (TPSA) is 66.0 Å². The number of methoxy groups -OCH3 is 1. The quantitative estimate of drug-likeness (QED) is 0.354. The van der Waals surface area contributed by atoms with E-state index in [9.17, 15) is 9.18 Å². The van der Waals surface area contributed by atoms with Gasteiger partial charge in [-0.25, -0.2) is 4.39 Å². The number of rotatable bonds is 6. The lowest BCUT2D eigenvalue weighted by atomic mass is 10.0. The molecule has 1 aromatic carbocycles. The molecule has 2 N–H and O–H groups in total. The molecule has 0 radical (unpaired) electrons. The van der Waals surface area contributed by atoms with Gasteiger partial charge in [0.15, 0.2) is 5.96 Å². The molecule has 1 aromatic rings. The Morgan fingerprint density at radius 2 is 1.89 bits per heavy atom. The van der Waals surface area contributed by atoms with Crippen molar-refractivity contribution in [2.75, 3.05) is 33.8 Å². The number of ether oxygens (including phenoxy) is 1. The highest BCUT2D eigenvalue weighted by Crippen LogP contribution is 2.16. The maximum Gasteiger partial charge on any atom is 0.225 e. The van der Waals surface area contributed by atoms with Crippen LogP contribution in [0.1, 0.15) is 38.4 Å². The van der Waals surface area contributed by atoms with Gasteiger partial charge in [-0.15, -0.1) is 24.0 Å². The van der Waals surface area contributed by atoms with Gasteiger partial charge in [0.05, 0.1) is 6.10 Å². The summed E-state index contributed by atoms with van der Waals surface area (Å²) in [5, 5.41) is 6.69. The van der Waals surface area contributed by atoms with Gasteiger partial charge in [-0.05, 0) is 30.5 Å². The Morgan fingerprint density at radius 3 is 2.39 bits per heavy atom. The van der Waals surface area contributed by atoms with Crippen molar-refractivity contribution in [3.63, 3.8) is 0 Å². The van der Waals surface area contributed by atoms with Gasteiger partial charge in [-0.1, -0.05) is 26.0 Å². The Morgan fingerprint density at radius 1 is 1.29 bits per heavy atom. The minimum atomic E-state index is -0.263. The van der Waals surface area contributed by atoms with Crippen LogP contribution in [0.5, 0.6) is 0 Å². The fourth-order valence-electron chi connectivity index (χ4n) is 3.20. The van der Waals surface area contributed by atoms with Crippen LogP contribution < -0.4 is 10.6 Å². The Hall–Kier alpha value is -1.42. The Balaban J connectivity index is 0.00000392. The minimum absolute atomic E-state index is 0. The van der Waals surface area contributed by atoms with Crippen molar-refractivity contribution in [1.29, 1.82) is 0 Å². The van der Waals surface area contributed by atoms with Crippen LogP contribution in [-0.4, -0.2) is 56.6 Å². The largest absolute Gasteiger partial charge is 0.375 e. The van der Waals surface area contributed by atoms with Crippen LogP contribution in [0.4, 0.5) is 4.39 Å². The summed E-state index contributed by atoms with van der Waals surface area (Å²) in [7, 11) is 3.36. The van der Waals surface area contributed by atoms with Gasteiger partial charge in [0.25, 0.3) is 0 Å². The van der Waals surface area contributed by atoms with E-state index in [1.165, 1.54) is 12.1 Å². The molecule has 158 valence electrons. The van der Waals surface area contributed by atoms with Gasteiger partial charge in [0, 0.05) is 45.8 Å². The van der Waals surface area contributed by atoms with Gasteiger partial charge in [-0.2, -0.15) is 0 Å². The van der Waals surface area contributed by atoms with E-state index in [0.29, 0.717) is 12.5 Å². The van der Waals surface area contributed by atoms with E-state index < -0.39 is 0 Å². The lowest BCUT2D eigenvalue weighted by Crippen LogP contribution is -2.50. The van der Waals surface area contributed by atoms with Crippen LogP contribution in [0.2, 0.25) is 0 Å². The maximum absolute atomic E-state index is 13.1. The summed E-state index contributed by atoms with van der Waals surface area (Å²) in [6.45, 7) is 5.92. The number of aliphatic imine (C=N–C) groups is 1. The van der Waals surface area contributed by atoms with Gasteiger partial charge >= 0.3 is 0 Å². The number of halogens is 2. The molecule has 1 aliphatic rings. The summed E-state index contributed by atoms with van der Waals surface area (Å²) in [6.07, 6.45) is 1.59. The molecular weight excluding hydrogens is 474 g/mol. The summed E-state index contributed by atoms with van der Waals surface area (Å²) in [5.41, 5.74) is 0.905. The third-order valence-electron chi connectivity index (χ3n) is 4.85. The molecule has 0 aromatic heterocycles. The highest BCUT2D eigenvalue weighted by atomic mass is 127. The number of amides is 1. The molecule has 1 aliphatic heterocycles. The number of hydrogen-bond acceptors (Lipinski definition) is 3. The van der Waals surface area contributed by atoms with E-state index in [1.54, 1.807) is 26.3 Å². The zero-order valence-electron chi connectivity index (χ0n) is 17.1. The summed E-state index contributed by atoms with van der Waals surface area (Å²) >= 11 is 0. The van der Waals surface area contributed by atoms with Crippen LogP contribution in [0.3, 0.4) is 0 Å². The van der Waals surface area contributed by atoms with E-state index in [2.05, 4.69) is 15.6 Å². The molecule has 8 heteroatoms. The first-order chi connectivity index (χ1) is 12.9. The second kappa shape index (κ2) is 12.2. The van der Waals surface area contributed by atoms with Gasteiger partial charge < -0.3 is 20.3 Å². The SMILES string of the molecule is CN=C(NCC(OC)c1ccc(F)cc1)NC1CCN(C(=O)C(C)C)CC1.I. The van der Waals surface area contributed by atoms with Crippen LogP contribution in [0, 0.1) is 11.7 Å². The van der Waals surface area contributed by atoms with Crippen LogP contribution in [-0.2, 0) is 9.53 Å². The average molecular weight is 506 g/mol. The van der Waals surface area contributed by atoms with E-state index in [0.717, 1.165) is 31.5 Å². The number of likely N-dealkylation sites (tertiary alicyclic amines) is 1. The smallest absolute Gasteiger partial charge is 0.225 e. The number of nitrogens with zero attached hydrogens (tertiary/aromatic N) is 2. The summed E-state index contributed by atoms with van der Waals surface area (Å²) in [6, 6.07) is 6.59. The molecule has 1 fully saturated rings. The van der Waals surface area contributed by atoms with Crippen molar-refractivity contribution < 1.29 is 13.9 Å². The first-order valence-corrected chi connectivity index (χ1v) is 9.48. The number of piperidine rings is 1. The zero-order valence-corrected chi connectivity index (χ0v) is 19.4. The molecule has 1 saturated heterocycles. The van der Waals surface area contributed by atoms with Crippen LogP contribution in [0.15, 0.2) is 29.3 Å². The van der Waals surface area contributed by atoms with E-state index in [-0.39, 0.29) is 53.8 Å². The summed E-state index contributed by atoms with van der Waals surface area (Å²) in [4.78, 5) is 18.3. The number of guanidine groups is 1. The third kappa shape index (κ3) is 7.20. The molecule has 1 amide bonds. The highest BCUT2D eigenvalue weighted by molar-refractivity contribution is 14.0. The highest BCUT2D eigenvalue weighted by Gasteiger charge is 2.24. The number of carbonyl (C=O) groups excluding carboxylic acids is 1. The predicted octanol–water partition coefficient (Wildman–Crippen LogP) is 2.94. The molecule has 1 atom stereocenters. The zero-order chi connectivity index (χ0) is 19.8. The molecule has 0 spiro atoms. The van der Waals surface area contributed by atoms with Crippen molar-refractivity contribution in [2.45, 2.75) is 38.8 Å². The fourth-order valence-corrected chi connectivity index (χ4v) is 3.20. The standard InChI is InChI=1S/C20H31FN4O2.HI/c1-14(2)19(26)25-11-9-17(10-12-25)24-20(22-3)23-13-18(27-4)15-5-7-16(21)8-6-15;/h5-8,14,17-18H,9-13H2,1-4H3,(H2,22,23,24);1H. The Bertz CT molecular complexity index is 632. The van der Waals surface area contributed by atoms with E-state index in [4.69, 9.17) is 4.74 Å². The predicted molar refractivity (Wildman–Crippen MR) is 121 cm³/mol. The molecule has 0 bridgehead atoms. The Kier molecular flexibility index (Phi) is 10.7. The fraction of sp³-hybridized carbons (Fsp3) is 0.600. The van der Waals surface area contributed by atoms with Crippen molar-refractivity contribution >= 4 is 35.8 Å². The molecule has 2 rings (SSSR count). The lowest BCUT2D eigenvalue weighted by molar-refractivity contribution is -0.135. The molecular formula is C20H32FIN4O2. The van der Waals surface area contributed by atoms with Crippen molar-refractivity contribution in [3.05, 3.63) is 35.6 Å². The summed E-state index contributed by atoms with van der Waals surface area (Å²) in [5.74, 6) is 0.702. The molecule has 0 aliphatic carbocycles. The molecule has 1 heterocycles. The molecule has 28 heavy (non-hydrogen) atoms. The second-order valence-corrected chi connectivity index (χ2v) is 7.13. The third-order valence-corrected chi connectivity index (χ3v) is 4.85. The molecule has 1 unspecified atom stereocenters. The normalized spacial score (nSPS) is 16.5. The second-order valence-electron chi connectivity index (χ2n) is 7.13. The summed E-state index contributed by atoms with van der Waals surface area (Å²) < 4.78 is 18.6. The van der Waals surface area contributed by atoms with Crippen LogP contribution >= 0.6 is 24.0 Å². The Labute approximate surface area is 184 Å². The van der Waals surface area contributed by atoms with Crippen molar-refractivity contribution in [2.24, 2.45) is 10.9 Å². The first-order valence-electron chi connectivity index (χ1n) is 9.48. The van der Waals surface area contributed by atoms with Crippen molar-refractivity contribution in [1.82, 2.24) is 15.5 Å². The maximum atomic E-state index is 13.1. The molecule has 0 saturated carbocycles. The lowest BCUT2D eigenvalue weighted by Gasteiger charge is -2.34. The first kappa shape index (κ1) is 24.6. The number of benzene rings is 1. The minimum Gasteiger partial charge on any atom is -0.375 e. The monoisotopic (exact) mass is 506 g/mol. The average Bonchev–Trinajstić information content (AvgIpc) is 2.68. The van der Waals surface area contributed by atoms with Crippen molar-refractivity contribution in [3.8, 4) is 0 Å².